The van der Waals surface area contributed by atoms with Crippen LogP contribution in [0.3, 0.4) is 0 Å². The van der Waals surface area contributed by atoms with E-state index in [1.807, 2.05) is 24.3 Å². The minimum Gasteiger partial charge on any atom is -0.378 e. The van der Waals surface area contributed by atoms with Gasteiger partial charge in [-0.15, -0.1) is 0 Å². The molecule has 5 nitrogen and oxygen atoms in total. The molecule has 1 aromatic carbocycles. The first-order chi connectivity index (χ1) is 13.1. The van der Waals surface area contributed by atoms with Crippen LogP contribution in [0.5, 0.6) is 0 Å². The van der Waals surface area contributed by atoms with Crippen molar-refractivity contribution in [2.75, 3.05) is 38.2 Å². The van der Waals surface area contributed by atoms with Gasteiger partial charge in [0.05, 0.1) is 19.3 Å². The Kier molecular flexibility index (Phi) is 5.23. The molecule has 142 valence electrons. The van der Waals surface area contributed by atoms with Gasteiger partial charge in [-0.25, -0.2) is 4.99 Å². The molecule has 0 amide bonds. The third-order valence-electron chi connectivity index (χ3n) is 4.99. The molecule has 1 N–H and O–H groups in total. The molecular formula is C21H25ClN4O. The third-order valence-corrected chi connectivity index (χ3v) is 5.24. The number of hydrogen-bond acceptors (Lipinski definition) is 5. The molecule has 6 heteroatoms. The normalized spacial score (nSPS) is 20.9. The number of allylic oxidation sites excluding steroid dienone is 2. The number of halogens is 1. The van der Waals surface area contributed by atoms with Crippen LogP contribution in [-0.4, -0.2) is 54.5 Å². The summed E-state index contributed by atoms with van der Waals surface area (Å²) in [6, 6.07) is 7.94. The van der Waals surface area contributed by atoms with Gasteiger partial charge in [0.1, 0.15) is 11.7 Å². The number of amidine groups is 1. The summed E-state index contributed by atoms with van der Waals surface area (Å²) < 4.78 is 5.48. The van der Waals surface area contributed by atoms with E-state index in [-0.39, 0.29) is 6.04 Å². The number of morpholine rings is 1. The highest BCUT2D eigenvalue weighted by atomic mass is 35.5. The summed E-state index contributed by atoms with van der Waals surface area (Å²) in [6.07, 6.45) is 6.61. The SMILES string of the molecule is CC1=CN2CC=C(N3CCOCC3)N=C2C(C(C)Nc2ccc(Cl)cc2)=C1. The Morgan fingerprint density at radius 3 is 2.67 bits per heavy atom. The molecule has 0 radical (unpaired) electrons. The first kappa shape index (κ1) is 18.1. The van der Waals surface area contributed by atoms with Gasteiger partial charge in [-0.3, -0.25) is 0 Å². The van der Waals surface area contributed by atoms with Crippen LogP contribution in [0.1, 0.15) is 13.8 Å². The first-order valence-corrected chi connectivity index (χ1v) is 9.78. The Morgan fingerprint density at radius 2 is 1.93 bits per heavy atom. The molecule has 27 heavy (non-hydrogen) atoms. The van der Waals surface area contributed by atoms with Crippen molar-refractivity contribution >= 4 is 23.1 Å². The maximum absolute atomic E-state index is 6.00. The van der Waals surface area contributed by atoms with Crippen molar-refractivity contribution < 1.29 is 4.74 Å². The smallest absolute Gasteiger partial charge is 0.140 e. The molecule has 4 rings (SSSR count). The van der Waals surface area contributed by atoms with Gasteiger partial charge in [-0.05, 0) is 55.8 Å². The molecule has 1 saturated heterocycles. The monoisotopic (exact) mass is 384 g/mol. The van der Waals surface area contributed by atoms with Crippen LogP contribution in [0.2, 0.25) is 5.02 Å². The van der Waals surface area contributed by atoms with Crippen molar-refractivity contribution in [3.05, 3.63) is 64.6 Å². The van der Waals surface area contributed by atoms with E-state index in [1.165, 1.54) is 11.1 Å². The van der Waals surface area contributed by atoms with Gasteiger partial charge in [-0.2, -0.15) is 0 Å². The molecule has 1 unspecified atom stereocenters. The van der Waals surface area contributed by atoms with E-state index in [0.717, 1.165) is 55.2 Å². The van der Waals surface area contributed by atoms with Crippen molar-refractivity contribution in [1.29, 1.82) is 0 Å². The van der Waals surface area contributed by atoms with Crippen LogP contribution in [0.4, 0.5) is 5.69 Å². The van der Waals surface area contributed by atoms with Crippen molar-refractivity contribution in [3.8, 4) is 0 Å². The second-order valence-corrected chi connectivity index (χ2v) is 7.53. The lowest BCUT2D eigenvalue weighted by Gasteiger charge is -2.36. The predicted octanol–water partition coefficient (Wildman–Crippen LogP) is 3.87. The summed E-state index contributed by atoms with van der Waals surface area (Å²) in [6.45, 7) is 8.47. The summed E-state index contributed by atoms with van der Waals surface area (Å²) in [5.74, 6) is 2.08. The van der Waals surface area contributed by atoms with E-state index in [2.05, 4.69) is 47.3 Å². The minimum atomic E-state index is 0.125. The zero-order chi connectivity index (χ0) is 18.8. The molecule has 3 heterocycles. The zero-order valence-electron chi connectivity index (χ0n) is 15.8. The lowest BCUT2D eigenvalue weighted by molar-refractivity contribution is 0.0527. The molecule has 0 aliphatic carbocycles. The highest BCUT2D eigenvalue weighted by Gasteiger charge is 2.27. The van der Waals surface area contributed by atoms with Crippen LogP contribution in [0.15, 0.2) is 64.6 Å². The fourth-order valence-electron chi connectivity index (χ4n) is 3.61. The Morgan fingerprint density at radius 1 is 1.19 bits per heavy atom. The fourth-order valence-corrected chi connectivity index (χ4v) is 3.73. The van der Waals surface area contributed by atoms with Crippen molar-refractivity contribution in [2.24, 2.45) is 4.99 Å². The summed E-state index contributed by atoms with van der Waals surface area (Å²) in [7, 11) is 0. The summed E-state index contributed by atoms with van der Waals surface area (Å²) in [5.41, 5.74) is 3.48. The quantitative estimate of drug-likeness (QED) is 0.855. The Hall–Kier alpha value is -2.24. The Bertz CT molecular complexity index is 819. The number of anilines is 1. The molecule has 1 fully saturated rings. The van der Waals surface area contributed by atoms with E-state index in [4.69, 9.17) is 21.3 Å². The molecule has 3 aliphatic heterocycles. The van der Waals surface area contributed by atoms with Crippen LogP contribution >= 0.6 is 11.6 Å². The lowest BCUT2D eigenvalue weighted by atomic mass is 9.99. The lowest BCUT2D eigenvalue weighted by Crippen LogP contribution is -2.41. The van der Waals surface area contributed by atoms with Crippen LogP contribution in [0, 0.1) is 0 Å². The maximum atomic E-state index is 6.00. The number of aliphatic imine (C=N–C) groups is 1. The number of rotatable bonds is 4. The highest BCUT2D eigenvalue weighted by molar-refractivity contribution is 6.30. The van der Waals surface area contributed by atoms with Crippen molar-refractivity contribution in [2.45, 2.75) is 19.9 Å². The molecule has 0 aromatic heterocycles. The average molecular weight is 385 g/mol. The Labute approximate surface area is 165 Å². The van der Waals surface area contributed by atoms with Gasteiger partial charge in [-0.1, -0.05) is 11.6 Å². The zero-order valence-corrected chi connectivity index (χ0v) is 16.5. The number of hydrogen-bond donors (Lipinski definition) is 1. The van der Waals surface area contributed by atoms with Crippen LogP contribution in [0.25, 0.3) is 0 Å². The van der Waals surface area contributed by atoms with Gasteiger partial charge in [0.25, 0.3) is 0 Å². The van der Waals surface area contributed by atoms with E-state index in [9.17, 15) is 0 Å². The Balaban J connectivity index is 1.57. The highest BCUT2D eigenvalue weighted by Crippen LogP contribution is 2.26. The summed E-state index contributed by atoms with van der Waals surface area (Å²) in [4.78, 5) is 9.56. The van der Waals surface area contributed by atoms with Gasteiger partial charge in [0.2, 0.25) is 0 Å². The van der Waals surface area contributed by atoms with E-state index in [1.54, 1.807) is 0 Å². The maximum Gasteiger partial charge on any atom is 0.140 e. The fraction of sp³-hybridized carbons (Fsp3) is 0.381. The largest absolute Gasteiger partial charge is 0.378 e. The summed E-state index contributed by atoms with van der Waals surface area (Å²) in [5, 5.41) is 4.31. The van der Waals surface area contributed by atoms with Gasteiger partial charge in [0.15, 0.2) is 0 Å². The second-order valence-electron chi connectivity index (χ2n) is 7.10. The number of nitrogens with one attached hydrogen (secondary N) is 1. The third kappa shape index (κ3) is 4.04. The second kappa shape index (κ2) is 7.79. The predicted molar refractivity (Wildman–Crippen MR) is 111 cm³/mol. The molecule has 1 atom stereocenters. The van der Waals surface area contributed by atoms with Crippen molar-refractivity contribution in [1.82, 2.24) is 9.80 Å². The molecule has 1 aromatic rings. The minimum absolute atomic E-state index is 0.125. The van der Waals surface area contributed by atoms with Crippen LogP contribution in [-0.2, 0) is 4.74 Å². The molecule has 0 bridgehead atoms. The molecule has 3 aliphatic rings. The van der Waals surface area contributed by atoms with Gasteiger partial charge < -0.3 is 19.9 Å². The number of benzene rings is 1. The molecule has 0 spiro atoms. The van der Waals surface area contributed by atoms with Gasteiger partial charge in [0, 0.05) is 42.1 Å². The van der Waals surface area contributed by atoms with E-state index in [0.29, 0.717) is 0 Å². The number of ether oxygens (including phenoxy) is 1. The summed E-state index contributed by atoms with van der Waals surface area (Å²) >= 11 is 6.00. The number of nitrogens with zero attached hydrogens (tertiary/aromatic N) is 3. The topological polar surface area (TPSA) is 40.1 Å². The van der Waals surface area contributed by atoms with E-state index < -0.39 is 0 Å². The van der Waals surface area contributed by atoms with Crippen LogP contribution < -0.4 is 5.32 Å². The molecular weight excluding hydrogens is 360 g/mol. The van der Waals surface area contributed by atoms with Gasteiger partial charge >= 0.3 is 0 Å². The first-order valence-electron chi connectivity index (χ1n) is 9.41. The molecule has 0 saturated carbocycles. The van der Waals surface area contributed by atoms with E-state index >= 15 is 0 Å². The number of fused-ring (bicyclic) bond motifs is 1. The van der Waals surface area contributed by atoms with Crippen molar-refractivity contribution in [3.63, 3.8) is 0 Å². The standard InChI is InChI=1S/C21H25ClN4O/c1-15-13-19(16(2)23-18-5-3-17(22)4-6-18)21-24-20(7-8-26(21)14-15)25-9-11-27-12-10-25/h3-7,13-14,16,23H,8-12H2,1-2H3. The average Bonchev–Trinajstić information content (AvgIpc) is 2.69.